The molecule has 2 amide bonds. The van der Waals surface area contributed by atoms with Crippen LogP contribution in [0.2, 0.25) is 0 Å². The maximum absolute atomic E-state index is 12.9. The lowest BCUT2D eigenvalue weighted by Gasteiger charge is -2.30. The predicted molar refractivity (Wildman–Crippen MR) is 118 cm³/mol. The van der Waals surface area contributed by atoms with E-state index in [4.69, 9.17) is 9.47 Å². The van der Waals surface area contributed by atoms with Crippen molar-refractivity contribution in [3.8, 4) is 5.75 Å². The van der Waals surface area contributed by atoms with Crippen LogP contribution < -0.4 is 15.4 Å². The lowest BCUT2D eigenvalue weighted by molar-refractivity contribution is -0.143. The molecule has 3 rings (SSSR count). The van der Waals surface area contributed by atoms with E-state index >= 15 is 0 Å². The number of urea groups is 1. The highest BCUT2D eigenvalue weighted by Crippen LogP contribution is 2.34. The Labute approximate surface area is 184 Å². The number of para-hydroxylation sites is 1. The third kappa shape index (κ3) is 5.21. The van der Waals surface area contributed by atoms with Crippen LogP contribution in [0.15, 0.2) is 64.3 Å². The zero-order chi connectivity index (χ0) is 21.7. The molecule has 6 nitrogen and oxygen atoms in total. The Kier molecular flexibility index (Phi) is 7.15. The van der Waals surface area contributed by atoms with Crippen molar-refractivity contribution in [1.29, 1.82) is 0 Å². The first-order valence-electron chi connectivity index (χ1n) is 9.86. The van der Waals surface area contributed by atoms with E-state index in [1.165, 1.54) is 0 Å². The first-order chi connectivity index (χ1) is 14.4. The molecule has 1 unspecified atom stereocenters. The quantitative estimate of drug-likeness (QED) is 0.555. The Morgan fingerprint density at radius 2 is 1.83 bits per heavy atom. The van der Waals surface area contributed by atoms with Gasteiger partial charge in [-0.1, -0.05) is 53.2 Å². The molecule has 0 bridgehead atoms. The molecule has 7 heteroatoms. The molecule has 0 fully saturated rings. The molecule has 0 saturated heterocycles. The molecule has 1 aliphatic rings. The zero-order valence-electron chi connectivity index (χ0n) is 17.2. The van der Waals surface area contributed by atoms with Crippen LogP contribution in [0.25, 0.3) is 0 Å². The van der Waals surface area contributed by atoms with Gasteiger partial charge in [0.2, 0.25) is 0 Å². The fraction of sp³-hybridized carbons (Fsp3) is 0.304. The highest BCUT2D eigenvalue weighted by molar-refractivity contribution is 9.10. The van der Waals surface area contributed by atoms with Crippen LogP contribution in [0.3, 0.4) is 0 Å². The minimum absolute atomic E-state index is 0.273. The molecular weight excluding hydrogens is 448 g/mol. The van der Waals surface area contributed by atoms with E-state index in [0.717, 1.165) is 10.0 Å². The van der Waals surface area contributed by atoms with Crippen molar-refractivity contribution < 1.29 is 19.1 Å². The van der Waals surface area contributed by atoms with Gasteiger partial charge in [0.05, 0.1) is 17.7 Å². The maximum Gasteiger partial charge on any atom is 0.338 e. The van der Waals surface area contributed by atoms with Gasteiger partial charge in [-0.3, -0.25) is 0 Å². The number of benzene rings is 2. The second kappa shape index (κ2) is 9.80. The number of carbonyl (C=O) groups excluding carboxylic acids is 2. The normalized spacial score (nSPS) is 16.2. The van der Waals surface area contributed by atoms with Gasteiger partial charge in [0, 0.05) is 15.7 Å². The Balaban J connectivity index is 1.94. The van der Waals surface area contributed by atoms with E-state index in [0.29, 0.717) is 35.6 Å². The van der Waals surface area contributed by atoms with Gasteiger partial charge in [0.15, 0.2) is 0 Å². The van der Waals surface area contributed by atoms with Gasteiger partial charge in [0.1, 0.15) is 12.4 Å². The average Bonchev–Trinajstić information content (AvgIpc) is 2.72. The van der Waals surface area contributed by atoms with Gasteiger partial charge in [-0.05, 0) is 44.0 Å². The van der Waals surface area contributed by atoms with E-state index in [9.17, 15) is 9.59 Å². The molecule has 0 spiro atoms. The highest BCUT2D eigenvalue weighted by Gasteiger charge is 2.35. The molecule has 1 aliphatic heterocycles. The summed E-state index contributed by atoms with van der Waals surface area (Å²) in [6.45, 7) is 5.84. The number of hydrogen-bond donors (Lipinski definition) is 2. The number of ether oxygens (including phenoxy) is 2. The van der Waals surface area contributed by atoms with Crippen LogP contribution >= 0.6 is 15.9 Å². The number of esters is 1. The SMILES string of the molecule is CCC1=C(C(=O)OC(C)C)C(c2ccccc2OCc2ccc(Br)cc2)NC(=O)N1. The molecule has 30 heavy (non-hydrogen) atoms. The van der Waals surface area contributed by atoms with Crippen LogP contribution in [0.1, 0.15) is 44.4 Å². The molecule has 2 aromatic carbocycles. The van der Waals surface area contributed by atoms with Gasteiger partial charge < -0.3 is 20.1 Å². The third-order valence-electron chi connectivity index (χ3n) is 4.61. The molecule has 0 saturated carbocycles. The number of allylic oxidation sites excluding steroid dienone is 1. The molecule has 158 valence electrons. The summed E-state index contributed by atoms with van der Waals surface area (Å²) < 4.78 is 12.5. The Hall–Kier alpha value is -2.80. The van der Waals surface area contributed by atoms with Gasteiger partial charge >= 0.3 is 12.0 Å². The van der Waals surface area contributed by atoms with Gasteiger partial charge in [-0.15, -0.1) is 0 Å². The lowest BCUT2D eigenvalue weighted by atomic mass is 9.93. The summed E-state index contributed by atoms with van der Waals surface area (Å²) >= 11 is 3.42. The first-order valence-corrected chi connectivity index (χ1v) is 10.7. The summed E-state index contributed by atoms with van der Waals surface area (Å²) in [6, 6.07) is 14.2. The number of halogens is 1. The van der Waals surface area contributed by atoms with Gasteiger partial charge in [0.25, 0.3) is 0 Å². The largest absolute Gasteiger partial charge is 0.489 e. The van der Waals surface area contributed by atoms with Crippen molar-refractivity contribution >= 4 is 27.9 Å². The minimum atomic E-state index is -0.666. The molecule has 0 aliphatic carbocycles. The second-order valence-electron chi connectivity index (χ2n) is 7.18. The summed E-state index contributed by atoms with van der Waals surface area (Å²) in [5.41, 5.74) is 2.65. The number of amides is 2. The fourth-order valence-corrected chi connectivity index (χ4v) is 3.51. The van der Waals surface area contributed by atoms with Crippen LogP contribution in [-0.2, 0) is 16.1 Å². The molecule has 0 radical (unpaired) electrons. The highest BCUT2D eigenvalue weighted by atomic mass is 79.9. The third-order valence-corrected chi connectivity index (χ3v) is 5.14. The first kappa shape index (κ1) is 21.9. The Bertz CT molecular complexity index is 954. The lowest BCUT2D eigenvalue weighted by Crippen LogP contribution is -2.46. The van der Waals surface area contributed by atoms with Gasteiger partial charge in [-0.25, -0.2) is 9.59 Å². The van der Waals surface area contributed by atoms with E-state index in [1.807, 2.05) is 55.5 Å². The Morgan fingerprint density at radius 3 is 2.50 bits per heavy atom. The maximum atomic E-state index is 12.9. The minimum Gasteiger partial charge on any atom is -0.489 e. The molecule has 1 atom stereocenters. The van der Waals surface area contributed by atoms with Crippen molar-refractivity contribution in [3.05, 3.63) is 75.4 Å². The second-order valence-corrected chi connectivity index (χ2v) is 8.10. The predicted octanol–water partition coefficient (Wildman–Crippen LogP) is 5.00. The summed E-state index contributed by atoms with van der Waals surface area (Å²) in [5, 5.41) is 5.59. The van der Waals surface area contributed by atoms with Crippen LogP contribution in [-0.4, -0.2) is 18.1 Å². The van der Waals surface area contributed by atoms with Crippen LogP contribution in [0.5, 0.6) is 5.75 Å². The smallest absolute Gasteiger partial charge is 0.338 e. The van der Waals surface area contributed by atoms with Crippen molar-refractivity contribution in [2.75, 3.05) is 0 Å². The number of carbonyl (C=O) groups is 2. The van der Waals surface area contributed by atoms with Crippen molar-refractivity contribution in [3.63, 3.8) is 0 Å². The molecule has 2 N–H and O–H groups in total. The molecular formula is C23H25BrN2O4. The average molecular weight is 473 g/mol. The van der Waals surface area contributed by atoms with Crippen LogP contribution in [0.4, 0.5) is 4.79 Å². The summed E-state index contributed by atoms with van der Waals surface area (Å²) in [5.74, 6) is 0.139. The summed E-state index contributed by atoms with van der Waals surface area (Å²) in [4.78, 5) is 25.1. The van der Waals surface area contributed by atoms with E-state index in [1.54, 1.807) is 13.8 Å². The summed E-state index contributed by atoms with van der Waals surface area (Å²) in [6.07, 6.45) is 0.222. The van der Waals surface area contributed by atoms with E-state index < -0.39 is 12.0 Å². The summed E-state index contributed by atoms with van der Waals surface area (Å²) in [7, 11) is 0. The fourth-order valence-electron chi connectivity index (χ4n) is 3.24. The van der Waals surface area contributed by atoms with Crippen molar-refractivity contribution in [1.82, 2.24) is 10.6 Å². The van der Waals surface area contributed by atoms with E-state index in [2.05, 4.69) is 26.6 Å². The monoisotopic (exact) mass is 472 g/mol. The standard InChI is InChI=1S/C23H25BrN2O4/c1-4-18-20(22(27)30-14(2)3)21(26-23(28)25-18)17-7-5-6-8-19(17)29-13-15-9-11-16(24)12-10-15/h5-12,14,21H,4,13H2,1-3H3,(H2,25,26,28). The van der Waals surface area contributed by atoms with Crippen molar-refractivity contribution in [2.45, 2.75) is 45.9 Å². The zero-order valence-corrected chi connectivity index (χ0v) is 18.8. The van der Waals surface area contributed by atoms with Gasteiger partial charge in [-0.2, -0.15) is 0 Å². The Morgan fingerprint density at radius 1 is 1.13 bits per heavy atom. The van der Waals surface area contributed by atoms with Crippen LogP contribution in [0, 0.1) is 0 Å². The number of hydrogen-bond acceptors (Lipinski definition) is 4. The number of rotatable bonds is 7. The van der Waals surface area contributed by atoms with E-state index in [-0.39, 0.29) is 12.1 Å². The molecule has 1 heterocycles. The topological polar surface area (TPSA) is 76.7 Å². The molecule has 2 aromatic rings. The molecule has 0 aromatic heterocycles. The number of nitrogens with one attached hydrogen (secondary N) is 2. The van der Waals surface area contributed by atoms with Crippen molar-refractivity contribution in [2.24, 2.45) is 0 Å².